The summed E-state index contributed by atoms with van der Waals surface area (Å²) in [6.45, 7) is 0. The van der Waals surface area contributed by atoms with E-state index in [1.807, 2.05) is 30.3 Å². The van der Waals surface area contributed by atoms with Gasteiger partial charge in [-0.3, -0.25) is 24.7 Å². The second kappa shape index (κ2) is 7.76. The van der Waals surface area contributed by atoms with Gasteiger partial charge in [0.05, 0.1) is 12.1 Å². The van der Waals surface area contributed by atoms with Crippen LogP contribution in [0.3, 0.4) is 0 Å². The molecule has 2 amide bonds. The molecule has 1 unspecified atom stereocenters. The van der Waals surface area contributed by atoms with Crippen molar-refractivity contribution in [3.8, 4) is 5.75 Å². The molecular weight excluding hydrogens is 340 g/mol. The third-order valence-electron chi connectivity index (χ3n) is 3.35. The number of benzene rings is 2. The summed E-state index contributed by atoms with van der Waals surface area (Å²) in [5.74, 6) is -0.649. The highest BCUT2D eigenvalue weighted by molar-refractivity contribution is 8.15. The quantitative estimate of drug-likeness (QED) is 0.507. The van der Waals surface area contributed by atoms with Crippen LogP contribution < -0.4 is 10.1 Å². The molecule has 0 aromatic heterocycles. The van der Waals surface area contributed by atoms with E-state index in [0.717, 1.165) is 23.0 Å². The van der Waals surface area contributed by atoms with E-state index < -0.39 is 22.4 Å². The van der Waals surface area contributed by atoms with E-state index in [-0.39, 0.29) is 6.42 Å². The maximum Gasteiger partial charge on any atom is 0.312 e. The second-order valence-corrected chi connectivity index (χ2v) is 6.40. The summed E-state index contributed by atoms with van der Waals surface area (Å²) in [7, 11) is 0. The first-order valence-corrected chi connectivity index (χ1v) is 8.39. The van der Waals surface area contributed by atoms with Gasteiger partial charge in [-0.25, -0.2) is 0 Å². The molecule has 1 aliphatic rings. The first-order valence-electron chi connectivity index (χ1n) is 7.51. The van der Waals surface area contributed by atoms with Crippen molar-refractivity contribution in [2.24, 2.45) is 4.99 Å². The fourth-order valence-electron chi connectivity index (χ4n) is 2.14. The van der Waals surface area contributed by atoms with Crippen LogP contribution in [0.25, 0.3) is 0 Å². The summed E-state index contributed by atoms with van der Waals surface area (Å²) in [5.41, 5.74) is 1.71. The molecule has 1 fully saturated rings. The molecule has 2 aromatic carbocycles. The molecule has 1 saturated heterocycles. The number of amides is 2. The number of hydrogen-bond acceptors (Lipinski definition) is 6. The molecular formula is C18H14N2O4S. The van der Waals surface area contributed by atoms with Crippen LogP contribution in [0.5, 0.6) is 5.75 Å². The Morgan fingerprint density at radius 1 is 1.12 bits per heavy atom. The van der Waals surface area contributed by atoms with Crippen LogP contribution in [0.15, 0.2) is 59.6 Å². The predicted molar refractivity (Wildman–Crippen MR) is 95.3 cm³/mol. The highest BCUT2D eigenvalue weighted by atomic mass is 32.2. The molecule has 126 valence electrons. The van der Waals surface area contributed by atoms with Crippen LogP contribution in [-0.2, 0) is 9.59 Å². The fraction of sp³-hybridized carbons (Fsp3) is 0.111. The minimum Gasteiger partial charge on any atom is -0.426 e. The number of imide groups is 1. The van der Waals surface area contributed by atoms with Gasteiger partial charge < -0.3 is 4.74 Å². The SMILES string of the molecule is O=C(CC1SC(=O)NC1=O)Oc1ccc(C=Nc2ccccc2)cc1. The molecule has 0 radical (unpaired) electrons. The largest absolute Gasteiger partial charge is 0.426 e. The average Bonchev–Trinajstić information content (AvgIpc) is 2.92. The highest BCUT2D eigenvalue weighted by Gasteiger charge is 2.33. The summed E-state index contributed by atoms with van der Waals surface area (Å²) in [6.07, 6.45) is 1.56. The maximum atomic E-state index is 11.9. The molecule has 1 atom stereocenters. The number of nitrogens with zero attached hydrogens (tertiary/aromatic N) is 1. The molecule has 2 aromatic rings. The number of thioether (sulfide) groups is 1. The van der Waals surface area contributed by atoms with E-state index in [1.165, 1.54) is 0 Å². The van der Waals surface area contributed by atoms with Gasteiger partial charge in [-0.2, -0.15) is 0 Å². The first kappa shape index (κ1) is 16.9. The summed E-state index contributed by atoms with van der Waals surface area (Å²) in [6, 6.07) is 16.4. The minimum atomic E-state index is -0.725. The van der Waals surface area contributed by atoms with E-state index in [0.29, 0.717) is 5.75 Å². The normalized spacial score (nSPS) is 16.9. The summed E-state index contributed by atoms with van der Waals surface area (Å²) < 4.78 is 5.19. The summed E-state index contributed by atoms with van der Waals surface area (Å²) in [4.78, 5) is 38.7. The fourth-order valence-corrected chi connectivity index (χ4v) is 2.94. The number of esters is 1. The third kappa shape index (κ3) is 4.77. The van der Waals surface area contributed by atoms with Crippen molar-refractivity contribution in [3.63, 3.8) is 0 Å². The molecule has 0 saturated carbocycles. The van der Waals surface area contributed by atoms with Gasteiger partial charge in [-0.1, -0.05) is 30.0 Å². The molecule has 0 spiro atoms. The Bertz CT molecular complexity index is 819. The smallest absolute Gasteiger partial charge is 0.312 e. The Balaban J connectivity index is 1.55. The number of aliphatic imine (C=N–C) groups is 1. The zero-order valence-electron chi connectivity index (χ0n) is 13.0. The lowest BCUT2D eigenvalue weighted by Gasteiger charge is -2.06. The van der Waals surface area contributed by atoms with Gasteiger partial charge in [0, 0.05) is 6.21 Å². The van der Waals surface area contributed by atoms with Gasteiger partial charge in [0.15, 0.2) is 0 Å². The molecule has 0 bridgehead atoms. The monoisotopic (exact) mass is 354 g/mol. The Labute approximate surface area is 148 Å². The predicted octanol–water partition coefficient (Wildman–Crippen LogP) is 3.08. The number of para-hydroxylation sites is 1. The Kier molecular flexibility index (Phi) is 5.25. The molecule has 6 nitrogen and oxygen atoms in total. The van der Waals surface area contributed by atoms with E-state index in [9.17, 15) is 14.4 Å². The van der Waals surface area contributed by atoms with Crippen LogP contribution in [-0.4, -0.2) is 28.6 Å². The van der Waals surface area contributed by atoms with Gasteiger partial charge in [-0.05, 0) is 42.0 Å². The zero-order chi connectivity index (χ0) is 17.6. The average molecular weight is 354 g/mol. The molecule has 1 heterocycles. The number of carbonyl (C=O) groups is 3. The van der Waals surface area contributed by atoms with Crippen LogP contribution >= 0.6 is 11.8 Å². The van der Waals surface area contributed by atoms with E-state index in [2.05, 4.69) is 10.3 Å². The third-order valence-corrected chi connectivity index (χ3v) is 4.33. The highest BCUT2D eigenvalue weighted by Crippen LogP contribution is 2.23. The van der Waals surface area contributed by atoms with E-state index in [1.54, 1.807) is 30.5 Å². The van der Waals surface area contributed by atoms with Gasteiger partial charge in [0.25, 0.3) is 5.24 Å². The zero-order valence-corrected chi connectivity index (χ0v) is 13.9. The second-order valence-electron chi connectivity index (χ2n) is 5.22. The van der Waals surface area contributed by atoms with E-state index in [4.69, 9.17) is 4.74 Å². The molecule has 0 aliphatic carbocycles. The van der Waals surface area contributed by atoms with Crippen molar-refractivity contribution < 1.29 is 19.1 Å². The number of carbonyl (C=O) groups excluding carboxylic acids is 3. The van der Waals surface area contributed by atoms with Crippen molar-refractivity contribution in [2.75, 3.05) is 0 Å². The Morgan fingerprint density at radius 2 is 1.84 bits per heavy atom. The summed E-state index contributed by atoms with van der Waals surface area (Å²) in [5, 5.41) is 0.969. The van der Waals surface area contributed by atoms with Crippen LogP contribution in [0, 0.1) is 0 Å². The minimum absolute atomic E-state index is 0.153. The Hall–Kier alpha value is -2.93. The molecule has 7 heteroatoms. The van der Waals surface area contributed by atoms with Crippen LogP contribution in [0.1, 0.15) is 12.0 Å². The molecule has 25 heavy (non-hydrogen) atoms. The molecule has 1 N–H and O–H groups in total. The summed E-state index contributed by atoms with van der Waals surface area (Å²) >= 11 is 0.802. The lowest BCUT2D eigenvalue weighted by molar-refractivity contribution is -0.135. The van der Waals surface area contributed by atoms with Crippen molar-refractivity contribution >= 4 is 40.8 Å². The van der Waals surface area contributed by atoms with Gasteiger partial charge >= 0.3 is 5.97 Å². The molecule has 1 aliphatic heterocycles. The number of rotatable bonds is 5. The van der Waals surface area contributed by atoms with Gasteiger partial charge in [-0.15, -0.1) is 0 Å². The number of hydrogen-bond donors (Lipinski definition) is 1. The van der Waals surface area contributed by atoms with E-state index >= 15 is 0 Å². The lowest BCUT2D eigenvalue weighted by Crippen LogP contribution is -2.27. The van der Waals surface area contributed by atoms with Crippen LogP contribution in [0.2, 0.25) is 0 Å². The number of ether oxygens (including phenoxy) is 1. The molecule has 3 rings (SSSR count). The van der Waals surface area contributed by atoms with Crippen LogP contribution in [0.4, 0.5) is 10.5 Å². The van der Waals surface area contributed by atoms with Gasteiger partial charge in [0.2, 0.25) is 5.91 Å². The maximum absolute atomic E-state index is 11.9. The van der Waals surface area contributed by atoms with Gasteiger partial charge in [0.1, 0.15) is 11.0 Å². The topological polar surface area (TPSA) is 84.8 Å². The Morgan fingerprint density at radius 3 is 2.48 bits per heavy atom. The number of nitrogens with one attached hydrogen (secondary N) is 1. The lowest BCUT2D eigenvalue weighted by atomic mass is 10.2. The standard InChI is InChI=1S/C18H14N2O4S/c21-16(10-15-17(22)20-18(23)25-15)24-14-8-6-12(7-9-14)11-19-13-4-2-1-3-5-13/h1-9,11,15H,10H2,(H,20,22,23). The van der Waals surface area contributed by atoms with Crippen molar-refractivity contribution in [1.29, 1.82) is 0 Å². The first-order chi connectivity index (χ1) is 12.1. The van der Waals surface area contributed by atoms with Crippen molar-refractivity contribution in [2.45, 2.75) is 11.7 Å². The van der Waals surface area contributed by atoms with Crippen molar-refractivity contribution in [3.05, 3.63) is 60.2 Å². The van der Waals surface area contributed by atoms with Crippen molar-refractivity contribution in [1.82, 2.24) is 5.32 Å².